The summed E-state index contributed by atoms with van der Waals surface area (Å²) in [6, 6.07) is 2.60. The molecule has 1 amide bonds. The molecule has 0 radical (unpaired) electrons. The molecule has 0 aliphatic rings. The zero-order chi connectivity index (χ0) is 16.0. The Morgan fingerprint density at radius 1 is 1.43 bits per heavy atom. The van der Waals surface area contributed by atoms with Gasteiger partial charge in [0.05, 0.1) is 5.92 Å². The highest BCUT2D eigenvalue weighted by Gasteiger charge is 2.29. The predicted octanol–water partition coefficient (Wildman–Crippen LogP) is 2.28. The van der Waals surface area contributed by atoms with Gasteiger partial charge in [-0.15, -0.1) is 0 Å². The van der Waals surface area contributed by atoms with Gasteiger partial charge in [-0.2, -0.15) is 13.2 Å². The average molecular weight is 306 g/mol. The molecule has 0 aliphatic carbocycles. The Balaban J connectivity index is 2.68. The van der Waals surface area contributed by atoms with Gasteiger partial charge < -0.3 is 15.0 Å². The SMILES string of the molecule is CCCC(CNC(=O)c1cccn1CC(F)(F)F)C(=O)O. The van der Waals surface area contributed by atoms with Crippen LogP contribution < -0.4 is 5.32 Å². The van der Waals surface area contributed by atoms with Gasteiger partial charge in [0.25, 0.3) is 5.91 Å². The lowest BCUT2D eigenvalue weighted by Crippen LogP contribution is -2.34. The fourth-order valence-electron chi connectivity index (χ4n) is 1.92. The Bertz CT molecular complexity index is 497. The fraction of sp³-hybridized carbons (Fsp3) is 0.538. The molecule has 0 spiro atoms. The molecular formula is C13H17F3N2O3. The van der Waals surface area contributed by atoms with Crippen LogP contribution >= 0.6 is 0 Å². The van der Waals surface area contributed by atoms with Crippen molar-refractivity contribution in [2.45, 2.75) is 32.5 Å². The van der Waals surface area contributed by atoms with E-state index in [0.717, 1.165) is 10.8 Å². The Morgan fingerprint density at radius 2 is 2.10 bits per heavy atom. The van der Waals surface area contributed by atoms with Crippen molar-refractivity contribution in [1.82, 2.24) is 9.88 Å². The molecule has 21 heavy (non-hydrogen) atoms. The molecule has 1 aromatic rings. The molecule has 0 bridgehead atoms. The first kappa shape index (κ1) is 17.1. The fourth-order valence-corrected chi connectivity index (χ4v) is 1.92. The van der Waals surface area contributed by atoms with Crippen LogP contribution in [0.5, 0.6) is 0 Å². The minimum absolute atomic E-state index is 0.112. The second-order valence-electron chi connectivity index (χ2n) is 4.67. The number of hydrogen-bond acceptors (Lipinski definition) is 2. The third-order valence-electron chi connectivity index (χ3n) is 2.91. The van der Waals surface area contributed by atoms with E-state index in [1.54, 1.807) is 0 Å². The molecule has 2 N–H and O–H groups in total. The number of carboxylic acids is 1. The Labute approximate surface area is 119 Å². The van der Waals surface area contributed by atoms with Gasteiger partial charge in [0.2, 0.25) is 0 Å². The third kappa shape index (κ3) is 5.49. The van der Waals surface area contributed by atoms with E-state index in [9.17, 15) is 22.8 Å². The Morgan fingerprint density at radius 3 is 2.62 bits per heavy atom. The highest BCUT2D eigenvalue weighted by Crippen LogP contribution is 2.19. The summed E-state index contributed by atoms with van der Waals surface area (Å²) in [6.07, 6.45) is -2.25. The predicted molar refractivity (Wildman–Crippen MR) is 68.9 cm³/mol. The lowest BCUT2D eigenvalue weighted by Gasteiger charge is -2.14. The summed E-state index contributed by atoms with van der Waals surface area (Å²) >= 11 is 0. The topological polar surface area (TPSA) is 71.3 Å². The molecule has 0 aromatic carbocycles. The number of rotatable bonds is 7. The summed E-state index contributed by atoms with van der Waals surface area (Å²) in [7, 11) is 0. The molecule has 118 valence electrons. The van der Waals surface area contributed by atoms with Gasteiger partial charge in [-0.05, 0) is 18.6 Å². The van der Waals surface area contributed by atoms with Crippen LogP contribution in [0, 0.1) is 5.92 Å². The van der Waals surface area contributed by atoms with E-state index >= 15 is 0 Å². The summed E-state index contributed by atoms with van der Waals surface area (Å²) in [4.78, 5) is 22.8. The van der Waals surface area contributed by atoms with E-state index < -0.39 is 30.5 Å². The maximum Gasteiger partial charge on any atom is 0.406 e. The first-order valence-corrected chi connectivity index (χ1v) is 6.47. The zero-order valence-electron chi connectivity index (χ0n) is 11.5. The summed E-state index contributed by atoms with van der Waals surface area (Å²) in [5, 5.41) is 11.3. The lowest BCUT2D eigenvalue weighted by molar-refractivity contribution is -0.142. The lowest BCUT2D eigenvalue weighted by atomic mass is 10.0. The smallest absolute Gasteiger partial charge is 0.406 e. The van der Waals surface area contributed by atoms with Gasteiger partial charge in [-0.3, -0.25) is 9.59 Å². The van der Waals surface area contributed by atoms with Crippen molar-refractivity contribution in [2.75, 3.05) is 6.54 Å². The number of carbonyl (C=O) groups excluding carboxylic acids is 1. The van der Waals surface area contributed by atoms with E-state index in [2.05, 4.69) is 5.32 Å². The number of alkyl halides is 3. The largest absolute Gasteiger partial charge is 0.481 e. The van der Waals surface area contributed by atoms with Crippen molar-refractivity contribution in [1.29, 1.82) is 0 Å². The van der Waals surface area contributed by atoms with Crippen molar-refractivity contribution in [2.24, 2.45) is 5.92 Å². The van der Waals surface area contributed by atoms with Crippen LogP contribution in [0.3, 0.4) is 0 Å². The van der Waals surface area contributed by atoms with Crippen LogP contribution in [0.2, 0.25) is 0 Å². The molecule has 1 atom stereocenters. The number of nitrogens with zero attached hydrogens (tertiary/aromatic N) is 1. The number of carbonyl (C=O) groups is 2. The van der Waals surface area contributed by atoms with Crippen molar-refractivity contribution in [3.8, 4) is 0 Å². The number of nitrogens with one attached hydrogen (secondary N) is 1. The minimum Gasteiger partial charge on any atom is -0.481 e. The Hall–Kier alpha value is -1.99. The molecule has 0 fully saturated rings. The van der Waals surface area contributed by atoms with Crippen LogP contribution in [-0.4, -0.2) is 34.3 Å². The van der Waals surface area contributed by atoms with E-state index in [0.29, 0.717) is 12.8 Å². The van der Waals surface area contributed by atoms with Gasteiger partial charge in [-0.1, -0.05) is 13.3 Å². The van der Waals surface area contributed by atoms with Gasteiger partial charge in [-0.25, -0.2) is 0 Å². The zero-order valence-corrected chi connectivity index (χ0v) is 11.5. The number of hydrogen-bond donors (Lipinski definition) is 2. The molecule has 0 saturated heterocycles. The van der Waals surface area contributed by atoms with Crippen molar-refractivity contribution < 1.29 is 27.9 Å². The molecule has 1 heterocycles. The van der Waals surface area contributed by atoms with E-state index in [-0.39, 0.29) is 12.2 Å². The van der Waals surface area contributed by atoms with Crippen LogP contribution in [0.25, 0.3) is 0 Å². The standard InChI is InChI=1S/C13H17F3N2O3/c1-2-4-9(12(20)21)7-17-11(19)10-5-3-6-18(10)8-13(14,15)16/h3,5-6,9H,2,4,7-8H2,1H3,(H,17,19)(H,20,21). The molecule has 0 saturated carbocycles. The van der Waals surface area contributed by atoms with E-state index in [4.69, 9.17) is 5.11 Å². The number of carboxylic acid groups (broad SMARTS) is 1. The van der Waals surface area contributed by atoms with Gasteiger partial charge >= 0.3 is 12.1 Å². The normalized spacial score (nSPS) is 13.0. The van der Waals surface area contributed by atoms with Gasteiger partial charge in [0.15, 0.2) is 0 Å². The van der Waals surface area contributed by atoms with E-state index in [1.807, 2.05) is 6.92 Å². The summed E-state index contributed by atoms with van der Waals surface area (Å²) in [5.74, 6) is -2.50. The van der Waals surface area contributed by atoms with Crippen LogP contribution in [0.4, 0.5) is 13.2 Å². The van der Waals surface area contributed by atoms with Crippen molar-refractivity contribution in [3.63, 3.8) is 0 Å². The molecule has 1 rings (SSSR count). The van der Waals surface area contributed by atoms with Gasteiger partial charge in [0.1, 0.15) is 12.2 Å². The van der Waals surface area contributed by atoms with E-state index in [1.165, 1.54) is 12.1 Å². The van der Waals surface area contributed by atoms with Crippen molar-refractivity contribution in [3.05, 3.63) is 24.0 Å². The first-order valence-electron chi connectivity index (χ1n) is 6.47. The molecule has 0 aliphatic heterocycles. The first-order chi connectivity index (χ1) is 9.74. The molecule has 1 unspecified atom stereocenters. The summed E-state index contributed by atoms with van der Waals surface area (Å²) < 4.78 is 37.8. The summed E-state index contributed by atoms with van der Waals surface area (Å²) in [6.45, 7) is 0.436. The third-order valence-corrected chi connectivity index (χ3v) is 2.91. The average Bonchev–Trinajstić information content (AvgIpc) is 2.79. The highest BCUT2D eigenvalue weighted by molar-refractivity contribution is 5.93. The van der Waals surface area contributed by atoms with Crippen molar-refractivity contribution >= 4 is 11.9 Å². The molecule has 5 nitrogen and oxygen atoms in total. The second-order valence-corrected chi connectivity index (χ2v) is 4.67. The summed E-state index contributed by atoms with van der Waals surface area (Å²) in [5.41, 5.74) is -0.145. The molecule has 8 heteroatoms. The highest BCUT2D eigenvalue weighted by atomic mass is 19.4. The number of halogens is 3. The maximum absolute atomic E-state index is 12.4. The number of aliphatic carboxylic acids is 1. The number of amides is 1. The Kier molecular flexibility index (Phi) is 5.80. The molecule has 1 aromatic heterocycles. The quantitative estimate of drug-likeness (QED) is 0.812. The van der Waals surface area contributed by atoms with Crippen LogP contribution in [0.15, 0.2) is 18.3 Å². The second kappa shape index (κ2) is 7.14. The van der Waals surface area contributed by atoms with Crippen LogP contribution in [0.1, 0.15) is 30.3 Å². The van der Waals surface area contributed by atoms with Crippen LogP contribution in [-0.2, 0) is 11.3 Å². The minimum atomic E-state index is -4.43. The number of aromatic nitrogens is 1. The molecular weight excluding hydrogens is 289 g/mol. The van der Waals surface area contributed by atoms with Gasteiger partial charge in [0, 0.05) is 12.7 Å². The monoisotopic (exact) mass is 306 g/mol. The maximum atomic E-state index is 12.4.